The highest BCUT2D eigenvalue weighted by atomic mass is 19.3. The molecule has 0 saturated heterocycles. The number of carbonyl (C=O) groups is 3. The van der Waals surface area contributed by atoms with Crippen LogP contribution in [0.15, 0.2) is 18.2 Å². The van der Waals surface area contributed by atoms with Gasteiger partial charge in [0, 0.05) is 5.69 Å². The van der Waals surface area contributed by atoms with E-state index in [9.17, 15) is 23.2 Å². The average Bonchev–Trinajstić information content (AvgIpc) is 2.59. The van der Waals surface area contributed by atoms with E-state index in [1.165, 1.54) is 37.3 Å². The van der Waals surface area contributed by atoms with Gasteiger partial charge in [-0.25, -0.2) is 18.4 Å². The maximum absolute atomic E-state index is 12.6. The molecule has 0 fully saturated rings. The van der Waals surface area contributed by atoms with Crippen molar-refractivity contribution in [2.45, 2.75) is 19.8 Å². The second-order valence-electron chi connectivity index (χ2n) is 5.46. The molecule has 0 aliphatic carbocycles. The molecule has 1 aromatic rings. The SMILES string of the molecule is CCCN(CC(=O)Nc1cc(C(=O)OC)cc(C(=O)OC)c1)CC(F)F. The zero-order valence-corrected chi connectivity index (χ0v) is 14.9. The van der Waals surface area contributed by atoms with Gasteiger partial charge in [0.1, 0.15) is 0 Å². The molecular formula is C17H22F2N2O5. The van der Waals surface area contributed by atoms with Crippen LogP contribution in [0.2, 0.25) is 0 Å². The van der Waals surface area contributed by atoms with Crippen LogP contribution >= 0.6 is 0 Å². The number of alkyl halides is 2. The summed E-state index contributed by atoms with van der Waals surface area (Å²) in [6.45, 7) is 1.40. The van der Waals surface area contributed by atoms with E-state index in [1.54, 1.807) is 0 Å². The topological polar surface area (TPSA) is 84.9 Å². The van der Waals surface area contributed by atoms with Gasteiger partial charge in [0.25, 0.3) is 6.43 Å². The summed E-state index contributed by atoms with van der Waals surface area (Å²) in [6.07, 6.45) is -1.94. The Morgan fingerprint density at radius 1 is 1.08 bits per heavy atom. The van der Waals surface area contributed by atoms with Crippen LogP contribution in [0.5, 0.6) is 0 Å². The third-order valence-electron chi connectivity index (χ3n) is 3.36. The van der Waals surface area contributed by atoms with E-state index in [2.05, 4.69) is 14.8 Å². The van der Waals surface area contributed by atoms with Crippen molar-refractivity contribution in [1.82, 2.24) is 4.90 Å². The Balaban J connectivity index is 2.97. The van der Waals surface area contributed by atoms with Crippen molar-refractivity contribution in [2.24, 2.45) is 0 Å². The monoisotopic (exact) mass is 372 g/mol. The van der Waals surface area contributed by atoms with Gasteiger partial charge in [-0.15, -0.1) is 0 Å². The molecule has 0 aromatic heterocycles. The van der Waals surface area contributed by atoms with Gasteiger partial charge in [-0.05, 0) is 31.2 Å². The van der Waals surface area contributed by atoms with E-state index in [0.717, 1.165) is 0 Å². The normalized spacial score (nSPS) is 10.7. The summed E-state index contributed by atoms with van der Waals surface area (Å²) in [5.41, 5.74) is 0.249. The third kappa shape index (κ3) is 6.75. The average molecular weight is 372 g/mol. The van der Waals surface area contributed by atoms with E-state index in [0.29, 0.717) is 13.0 Å². The standard InChI is InChI=1S/C17H22F2N2O5/c1-4-5-21(9-14(18)19)10-15(22)20-13-7-11(16(23)25-2)6-12(8-13)17(24)26-3/h6-8,14H,4-5,9-10H2,1-3H3,(H,20,22). The Bertz CT molecular complexity index is 618. The fourth-order valence-corrected chi connectivity index (χ4v) is 2.32. The number of benzene rings is 1. The van der Waals surface area contributed by atoms with Gasteiger partial charge in [0.2, 0.25) is 5.91 Å². The number of halogens is 2. The first-order valence-electron chi connectivity index (χ1n) is 7.92. The third-order valence-corrected chi connectivity index (χ3v) is 3.36. The van der Waals surface area contributed by atoms with Gasteiger partial charge in [0.05, 0.1) is 38.4 Å². The molecule has 0 spiro atoms. The molecular weight excluding hydrogens is 350 g/mol. The number of esters is 2. The lowest BCUT2D eigenvalue weighted by Crippen LogP contribution is -2.37. The van der Waals surface area contributed by atoms with Gasteiger partial charge in [0.15, 0.2) is 0 Å². The van der Waals surface area contributed by atoms with Gasteiger partial charge in [-0.2, -0.15) is 0 Å². The van der Waals surface area contributed by atoms with Crippen molar-refractivity contribution in [3.8, 4) is 0 Å². The summed E-state index contributed by atoms with van der Waals surface area (Å²) < 4.78 is 34.4. The highest BCUT2D eigenvalue weighted by molar-refractivity contribution is 5.99. The molecule has 7 nitrogen and oxygen atoms in total. The van der Waals surface area contributed by atoms with E-state index in [1.807, 2.05) is 6.92 Å². The van der Waals surface area contributed by atoms with E-state index in [-0.39, 0.29) is 23.4 Å². The lowest BCUT2D eigenvalue weighted by Gasteiger charge is -2.20. The first kappa shape index (κ1) is 21.5. The van der Waals surface area contributed by atoms with Crippen LogP contribution in [0.25, 0.3) is 0 Å². The molecule has 9 heteroatoms. The zero-order valence-electron chi connectivity index (χ0n) is 14.9. The highest BCUT2D eigenvalue weighted by Gasteiger charge is 2.17. The molecule has 0 unspecified atom stereocenters. The molecule has 1 aromatic carbocycles. The molecule has 0 radical (unpaired) electrons. The quantitative estimate of drug-likeness (QED) is 0.669. The summed E-state index contributed by atoms with van der Waals surface area (Å²) in [7, 11) is 2.36. The van der Waals surface area contributed by atoms with Crippen molar-refractivity contribution in [1.29, 1.82) is 0 Å². The second-order valence-corrected chi connectivity index (χ2v) is 5.46. The number of amides is 1. The molecule has 26 heavy (non-hydrogen) atoms. The summed E-state index contributed by atoms with van der Waals surface area (Å²) in [4.78, 5) is 36.9. The smallest absolute Gasteiger partial charge is 0.337 e. The Morgan fingerprint density at radius 3 is 2.04 bits per heavy atom. The van der Waals surface area contributed by atoms with Crippen LogP contribution in [0.3, 0.4) is 0 Å². The number of hydrogen-bond acceptors (Lipinski definition) is 6. The summed E-state index contributed by atoms with van der Waals surface area (Å²) >= 11 is 0. The van der Waals surface area contributed by atoms with E-state index < -0.39 is 30.8 Å². The predicted molar refractivity (Wildman–Crippen MR) is 90.5 cm³/mol. The fraction of sp³-hybridized carbons (Fsp3) is 0.471. The maximum Gasteiger partial charge on any atom is 0.337 e. The number of carbonyl (C=O) groups excluding carboxylic acids is 3. The molecule has 1 N–H and O–H groups in total. The lowest BCUT2D eigenvalue weighted by atomic mass is 10.1. The van der Waals surface area contributed by atoms with Gasteiger partial charge >= 0.3 is 11.9 Å². The number of methoxy groups -OCH3 is 2. The minimum atomic E-state index is -2.55. The van der Waals surface area contributed by atoms with Crippen molar-refractivity contribution in [3.63, 3.8) is 0 Å². The number of anilines is 1. The van der Waals surface area contributed by atoms with Crippen LogP contribution in [0.4, 0.5) is 14.5 Å². The van der Waals surface area contributed by atoms with Gasteiger partial charge in [-0.1, -0.05) is 6.92 Å². The fourth-order valence-electron chi connectivity index (χ4n) is 2.32. The number of rotatable bonds is 9. The van der Waals surface area contributed by atoms with Gasteiger partial charge < -0.3 is 14.8 Å². The number of nitrogens with one attached hydrogen (secondary N) is 1. The molecule has 1 rings (SSSR count). The van der Waals surface area contributed by atoms with Crippen molar-refractivity contribution >= 4 is 23.5 Å². The van der Waals surface area contributed by atoms with Crippen molar-refractivity contribution in [2.75, 3.05) is 39.2 Å². The molecule has 0 atom stereocenters. The number of ether oxygens (including phenoxy) is 2. The highest BCUT2D eigenvalue weighted by Crippen LogP contribution is 2.17. The maximum atomic E-state index is 12.6. The lowest BCUT2D eigenvalue weighted by molar-refractivity contribution is -0.117. The number of nitrogens with zero attached hydrogens (tertiary/aromatic N) is 1. The summed E-state index contributed by atoms with van der Waals surface area (Å²) in [5, 5.41) is 2.50. The first-order chi connectivity index (χ1) is 12.3. The summed E-state index contributed by atoms with van der Waals surface area (Å²) in [6, 6.07) is 3.92. The first-order valence-corrected chi connectivity index (χ1v) is 7.92. The van der Waals surface area contributed by atoms with Crippen molar-refractivity contribution < 1.29 is 32.6 Å². The molecule has 0 aliphatic rings. The van der Waals surface area contributed by atoms with Crippen LogP contribution in [-0.2, 0) is 14.3 Å². The molecule has 144 valence electrons. The van der Waals surface area contributed by atoms with E-state index >= 15 is 0 Å². The summed E-state index contributed by atoms with van der Waals surface area (Å²) in [5.74, 6) is -1.94. The molecule has 1 amide bonds. The minimum absolute atomic E-state index is 0.0451. The Labute approximate surface area is 150 Å². The second kappa shape index (κ2) is 10.4. The molecule has 0 heterocycles. The largest absolute Gasteiger partial charge is 0.465 e. The molecule has 0 aliphatic heterocycles. The Hall–Kier alpha value is -2.55. The Morgan fingerprint density at radius 2 is 1.62 bits per heavy atom. The van der Waals surface area contributed by atoms with Crippen LogP contribution in [-0.4, -0.2) is 63.0 Å². The van der Waals surface area contributed by atoms with E-state index in [4.69, 9.17) is 0 Å². The molecule has 0 bridgehead atoms. The number of hydrogen-bond donors (Lipinski definition) is 1. The van der Waals surface area contributed by atoms with Crippen LogP contribution in [0, 0.1) is 0 Å². The van der Waals surface area contributed by atoms with Crippen LogP contribution in [0.1, 0.15) is 34.1 Å². The minimum Gasteiger partial charge on any atom is -0.465 e. The predicted octanol–water partition coefficient (Wildman–Crippen LogP) is 2.18. The van der Waals surface area contributed by atoms with Crippen LogP contribution < -0.4 is 5.32 Å². The zero-order chi connectivity index (χ0) is 19.7. The Kier molecular flexibility index (Phi) is 8.63. The van der Waals surface area contributed by atoms with Gasteiger partial charge in [-0.3, -0.25) is 9.69 Å². The molecule has 0 saturated carbocycles. The van der Waals surface area contributed by atoms with Crippen molar-refractivity contribution in [3.05, 3.63) is 29.3 Å².